The molecule has 10 heavy (non-hydrogen) atoms. The molecule has 6 heteroatoms. The van der Waals surface area contributed by atoms with Crippen molar-refractivity contribution in [2.24, 2.45) is 0 Å². The lowest BCUT2D eigenvalue weighted by Crippen LogP contribution is -2.30. The number of aliphatic carboxylic acids is 1. The molecule has 0 unspecified atom stereocenters. The first-order valence-corrected chi connectivity index (χ1v) is 4.32. The van der Waals surface area contributed by atoms with Crippen LogP contribution in [-0.2, 0) is 14.8 Å². The molecule has 2 N–H and O–H groups in total. The minimum atomic E-state index is -3.35. The Morgan fingerprint density at radius 1 is 1.60 bits per heavy atom. The third kappa shape index (κ3) is 4.28. The van der Waals surface area contributed by atoms with Crippen LogP contribution in [0.4, 0.5) is 0 Å². The fraction of sp³-hybridized carbons (Fsp3) is 0.750. The van der Waals surface area contributed by atoms with Crippen molar-refractivity contribution in [3.63, 3.8) is 0 Å². The van der Waals surface area contributed by atoms with E-state index in [9.17, 15) is 13.2 Å². The van der Waals surface area contributed by atoms with Gasteiger partial charge in [0.2, 0.25) is 10.0 Å². The van der Waals surface area contributed by atoms with Gasteiger partial charge >= 0.3 is 5.97 Å². The Labute approximate surface area is 59.1 Å². The molecule has 0 aliphatic carbocycles. The number of nitrogens with one attached hydrogen (secondary N) is 1. The van der Waals surface area contributed by atoms with Crippen LogP contribution in [-0.4, -0.2) is 31.8 Å². The summed E-state index contributed by atoms with van der Waals surface area (Å²) in [7, 11) is -3.35. The fourth-order valence-corrected chi connectivity index (χ4v) is 0.821. The van der Waals surface area contributed by atoms with Crippen LogP contribution in [0, 0.1) is 0 Å². The predicted molar refractivity (Wildman–Crippen MR) is 35.1 cm³/mol. The minimum absolute atomic E-state index is 0.0969. The third-order valence-electron chi connectivity index (χ3n) is 0.823. The molecule has 0 aromatic rings. The Hall–Kier alpha value is -0.620. The number of rotatable bonds is 4. The molecule has 0 saturated heterocycles. The van der Waals surface area contributed by atoms with Gasteiger partial charge < -0.3 is 5.11 Å². The van der Waals surface area contributed by atoms with Crippen molar-refractivity contribution in [1.29, 1.82) is 0 Å². The number of carboxylic acid groups (broad SMARTS) is 1. The summed E-state index contributed by atoms with van der Waals surface area (Å²) in [5.41, 5.74) is 0. The molecule has 5 nitrogen and oxygen atoms in total. The summed E-state index contributed by atoms with van der Waals surface area (Å²) in [4.78, 5) is 9.83. The molecule has 0 saturated carbocycles. The van der Waals surface area contributed by atoms with Gasteiger partial charge in [0.15, 0.2) is 0 Å². The second-order valence-corrected chi connectivity index (χ2v) is 3.71. The summed E-state index contributed by atoms with van der Waals surface area (Å²) in [5, 5.41) is 8.05. The van der Waals surface area contributed by atoms with Crippen LogP contribution in [0.25, 0.3) is 0 Å². The topological polar surface area (TPSA) is 83.5 Å². The lowest BCUT2D eigenvalue weighted by Gasteiger charge is -1.98. The largest absolute Gasteiger partial charge is 0.480 e. The zero-order valence-electron chi connectivity index (χ0n) is 5.49. The van der Waals surface area contributed by atoms with E-state index in [2.05, 4.69) is 0 Å². The molecule has 0 atom stereocenters. The number of carbonyl (C=O) groups is 1. The lowest BCUT2D eigenvalue weighted by molar-refractivity contribution is -0.135. The number of hydrogen-bond donors (Lipinski definition) is 2. The van der Waals surface area contributed by atoms with Gasteiger partial charge in [-0.3, -0.25) is 4.79 Å². The molecule has 60 valence electrons. The maximum absolute atomic E-state index is 10.5. The summed E-state index contributed by atoms with van der Waals surface area (Å²) >= 11 is 0. The Morgan fingerprint density at radius 3 is 2.40 bits per heavy atom. The Kier molecular flexibility index (Phi) is 3.31. The average Bonchev–Trinajstić information content (AvgIpc) is 1.85. The molecule has 0 aromatic heterocycles. The van der Waals surface area contributed by atoms with Gasteiger partial charge in [0.1, 0.15) is 6.54 Å². The second-order valence-electron chi connectivity index (χ2n) is 1.62. The standard InChI is InChI=1S/C4H9NO4S/c1-2-10(8,9)5-3-4(6)7/h5H,2-3H2,1H3,(H,6,7). The summed E-state index contributed by atoms with van der Waals surface area (Å²) in [6.45, 7) is 0.889. The van der Waals surface area contributed by atoms with E-state index in [-0.39, 0.29) is 5.75 Å². The summed E-state index contributed by atoms with van der Waals surface area (Å²) in [6, 6.07) is 0. The quantitative estimate of drug-likeness (QED) is 0.563. The first-order valence-electron chi connectivity index (χ1n) is 2.67. The molecule has 0 rings (SSSR count). The molecule has 0 aromatic carbocycles. The molecular formula is C4H9NO4S. The Morgan fingerprint density at radius 2 is 2.10 bits per heavy atom. The van der Waals surface area contributed by atoms with Crippen LogP contribution < -0.4 is 4.72 Å². The van der Waals surface area contributed by atoms with Crippen LogP contribution in [0.5, 0.6) is 0 Å². The van der Waals surface area contributed by atoms with Crippen LogP contribution in [0.1, 0.15) is 6.92 Å². The van der Waals surface area contributed by atoms with Crippen molar-refractivity contribution < 1.29 is 18.3 Å². The highest BCUT2D eigenvalue weighted by Crippen LogP contribution is 1.79. The van der Waals surface area contributed by atoms with E-state index in [0.717, 1.165) is 0 Å². The van der Waals surface area contributed by atoms with Crippen molar-refractivity contribution >= 4 is 16.0 Å². The minimum Gasteiger partial charge on any atom is -0.480 e. The highest BCUT2D eigenvalue weighted by Gasteiger charge is 2.06. The van der Waals surface area contributed by atoms with Crippen molar-refractivity contribution in [2.45, 2.75) is 6.92 Å². The van der Waals surface area contributed by atoms with Crippen molar-refractivity contribution in [2.75, 3.05) is 12.3 Å². The molecule has 0 spiro atoms. The van der Waals surface area contributed by atoms with E-state index in [4.69, 9.17) is 5.11 Å². The summed E-state index contributed by atoms with van der Waals surface area (Å²) in [5.74, 6) is -1.28. The monoisotopic (exact) mass is 167 g/mol. The van der Waals surface area contributed by atoms with Crippen molar-refractivity contribution in [1.82, 2.24) is 4.72 Å². The molecule has 0 aliphatic rings. The smallest absolute Gasteiger partial charge is 0.318 e. The molecule has 0 amide bonds. The van der Waals surface area contributed by atoms with Crippen LogP contribution >= 0.6 is 0 Å². The molecule has 0 heterocycles. The lowest BCUT2D eigenvalue weighted by atomic mass is 10.7. The van der Waals surface area contributed by atoms with Crippen LogP contribution in [0.3, 0.4) is 0 Å². The third-order valence-corrected chi connectivity index (χ3v) is 2.17. The number of carboxylic acids is 1. The summed E-state index contributed by atoms with van der Waals surface area (Å²) < 4.78 is 22.9. The van der Waals surface area contributed by atoms with Crippen LogP contribution in [0.2, 0.25) is 0 Å². The maximum Gasteiger partial charge on any atom is 0.318 e. The van der Waals surface area contributed by atoms with E-state index in [0.29, 0.717) is 0 Å². The predicted octanol–water partition coefficient (Wildman–Crippen LogP) is -0.990. The zero-order chi connectivity index (χ0) is 8.20. The molecular weight excluding hydrogens is 158 g/mol. The van der Waals surface area contributed by atoms with Gasteiger partial charge in [0.05, 0.1) is 5.75 Å². The van der Waals surface area contributed by atoms with Gasteiger partial charge in [-0.25, -0.2) is 13.1 Å². The van der Waals surface area contributed by atoms with Gasteiger partial charge in [-0.05, 0) is 6.92 Å². The van der Waals surface area contributed by atoms with E-state index in [1.807, 2.05) is 4.72 Å². The van der Waals surface area contributed by atoms with Gasteiger partial charge in [-0.1, -0.05) is 0 Å². The number of sulfonamides is 1. The van der Waals surface area contributed by atoms with E-state index < -0.39 is 22.5 Å². The first kappa shape index (κ1) is 9.38. The maximum atomic E-state index is 10.5. The van der Waals surface area contributed by atoms with Gasteiger partial charge in [-0.2, -0.15) is 0 Å². The molecule has 0 aliphatic heterocycles. The van der Waals surface area contributed by atoms with Crippen molar-refractivity contribution in [3.05, 3.63) is 0 Å². The molecule has 0 radical (unpaired) electrons. The van der Waals surface area contributed by atoms with E-state index in [1.165, 1.54) is 6.92 Å². The first-order chi connectivity index (χ1) is 4.48. The summed E-state index contributed by atoms with van der Waals surface area (Å²) in [6.07, 6.45) is 0. The Bertz CT molecular complexity index is 207. The van der Waals surface area contributed by atoms with E-state index in [1.54, 1.807) is 0 Å². The van der Waals surface area contributed by atoms with E-state index >= 15 is 0 Å². The van der Waals surface area contributed by atoms with Gasteiger partial charge in [0.25, 0.3) is 0 Å². The number of hydrogen-bond acceptors (Lipinski definition) is 3. The van der Waals surface area contributed by atoms with Gasteiger partial charge in [-0.15, -0.1) is 0 Å². The molecule has 0 fully saturated rings. The van der Waals surface area contributed by atoms with Gasteiger partial charge in [0, 0.05) is 0 Å². The highest BCUT2D eigenvalue weighted by atomic mass is 32.2. The zero-order valence-corrected chi connectivity index (χ0v) is 6.31. The highest BCUT2D eigenvalue weighted by molar-refractivity contribution is 7.89. The SMILES string of the molecule is CCS(=O)(=O)NCC(=O)O. The normalized spacial score (nSPS) is 11.3. The molecule has 0 bridgehead atoms. The second kappa shape index (κ2) is 3.52. The Balaban J connectivity index is 3.81. The fourth-order valence-electron chi connectivity index (χ4n) is 0.274. The van der Waals surface area contributed by atoms with Crippen molar-refractivity contribution in [3.8, 4) is 0 Å². The average molecular weight is 167 g/mol. The van der Waals surface area contributed by atoms with Crippen LogP contribution in [0.15, 0.2) is 0 Å².